The maximum Gasteiger partial charge on any atom is 0.200 e. The summed E-state index contributed by atoms with van der Waals surface area (Å²) in [5.41, 5.74) is 1.62. The second-order valence-electron chi connectivity index (χ2n) is 5.44. The molecule has 19 heavy (non-hydrogen) atoms. The highest BCUT2D eigenvalue weighted by Gasteiger charge is 2.39. The van der Waals surface area contributed by atoms with Gasteiger partial charge in [0.1, 0.15) is 5.58 Å². The lowest BCUT2D eigenvalue weighted by molar-refractivity contribution is -0.0707. The van der Waals surface area contributed by atoms with Gasteiger partial charge in [0, 0.05) is 18.9 Å². The van der Waals surface area contributed by atoms with Gasteiger partial charge < -0.3 is 9.15 Å². The largest absolute Gasteiger partial charge is 0.453 e. The second-order valence-corrected chi connectivity index (χ2v) is 5.44. The van der Waals surface area contributed by atoms with Crippen LogP contribution < -0.4 is 0 Å². The minimum absolute atomic E-state index is 0.0390. The highest BCUT2D eigenvalue weighted by Crippen LogP contribution is 2.39. The first-order valence-corrected chi connectivity index (χ1v) is 6.71. The predicted molar refractivity (Wildman–Crippen MR) is 73.5 cm³/mol. The second kappa shape index (κ2) is 4.49. The molecule has 1 saturated carbocycles. The van der Waals surface area contributed by atoms with Crippen molar-refractivity contribution in [3.63, 3.8) is 0 Å². The molecule has 2 aromatic rings. The molecule has 1 aromatic carbocycles. The number of ether oxygens (including phenoxy) is 1. The van der Waals surface area contributed by atoms with E-state index < -0.39 is 0 Å². The van der Waals surface area contributed by atoms with Crippen LogP contribution in [0, 0.1) is 6.92 Å². The molecule has 1 aliphatic rings. The number of ketones is 1. The summed E-state index contributed by atoms with van der Waals surface area (Å²) in [6.07, 6.45) is 3.49. The third-order valence-corrected chi connectivity index (χ3v) is 4.20. The molecule has 0 spiro atoms. The first-order valence-electron chi connectivity index (χ1n) is 6.71. The number of fused-ring (bicyclic) bond motifs is 1. The van der Waals surface area contributed by atoms with E-state index >= 15 is 0 Å². The van der Waals surface area contributed by atoms with Crippen molar-refractivity contribution in [2.45, 2.75) is 38.2 Å². The van der Waals surface area contributed by atoms with E-state index in [1.807, 2.05) is 31.2 Å². The molecule has 1 heterocycles. The van der Waals surface area contributed by atoms with Crippen molar-refractivity contribution in [3.05, 3.63) is 35.6 Å². The van der Waals surface area contributed by atoms with E-state index in [-0.39, 0.29) is 11.4 Å². The van der Waals surface area contributed by atoms with E-state index in [0.717, 1.165) is 35.8 Å². The fraction of sp³-hybridized carbons (Fsp3) is 0.438. The molecule has 1 aromatic heterocycles. The zero-order chi connectivity index (χ0) is 13.5. The van der Waals surface area contributed by atoms with Gasteiger partial charge >= 0.3 is 0 Å². The number of Topliss-reactive ketones (excluding diaryl/α,β-unsaturated/α-hetero) is 1. The molecule has 0 aliphatic heterocycles. The summed E-state index contributed by atoms with van der Waals surface area (Å²) in [7, 11) is 1.69. The van der Waals surface area contributed by atoms with Crippen LogP contribution in [0.2, 0.25) is 0 Å². The van der Waals surface area contributed by atoms with Crippen LogP contribution in [0.4, 0.5) is 0 Å². The van der Waals surface area contributed by atoms with E-state index in [0.29, 0.717) is 12.2 Å². The maximum absolute atomic E-state index is 12.3. The Labute approximate surface area is 112 Å². The predicted octanol–water partition coefficient (Wildman–Crippen LogP) is 3.88. The van der Waals surface area contributed by atoms with Gasteiger partial charge in [-0.3, -0.25) is 4.79 Å². The number of methoxy groups -OCH3 is 1. The Morgan fingerprint density at radius 1 is 1.42 bits per heavy atom. The number of aryl methyl sites for hydroxylation is 1. The van der Waals surface area contributed by atoms with Crippen molar-refractivity contribution in [2.75, 3.05) is 7.11 Å². The van der Waals surface area contributed by atoms with E-state index in [1.165, 1.54) is 0 Å². The van der Waals surface area contributed by atoms with Gasteiger partial charge in [0.25, 0.3) is 0 Å². The summed E-state index contributed by atoms with van der Waals surface area (Å²) in [5, 5.41) is 0.989. The molecule has 3 rings (SSSR count). The van der Waals surface area contributed by atoms with E-state index in [9.17, 15) is 4.79 Å². The van der Waals surface area contributed by atoms with Gasteiger partial charge in [-0.1, -0.05) is 18.2 Å². The Bertz CT molecular complexity index is 614. The summed E-state index contributed by atoms with van der Waals surface area (Å²) < 4.78 is 11.2. The van der Waals surface area contributed by atoms with Gasteiger partial charge in [0.2, 0.25) is 5.78 Å². The van der Waals surface area contributed by atoms with Gasteiger partial charge in [-0.2, -0.15) is 0 Å². The lowest BCUT2D eigenvalue weighted by atomic mass is 9.76. The van der Waals surface area contributed by atoms with Crippen molar-refractivity contribution >= 4 is 16.8 Å². The standard InChI is InChI=1S/C16H18O3/c1-11-5-3-6-12-9-14(19-15(11)12)13(17)10-16(18-2)7-4-8-16/h3,5-6,9H,4,7-8,10H2,1-2H3. The number of rotatable bonds is 4. The quantitative estimate of drug-likeness (QED) is 0.781. The van der Waals surface area contributed by atoms with Gasteiger partial charge in [0.15, 0.2) is 5.76 Å². The fourth-order valence-corrected chi connectivity index (χ4v) is 2.75. The molecule has 0 bridgehead atoms. The van der Waals surface area contributed by atoms with Crippen LogP contribution in [0.5, 0.6) is 0 Å². The van der Waals surface area contributed by atoms with Crippen LogP contribution in [-0.4, -0.2) is 18.5 Å². The monoisotopic (exact) mass is 258 g/mol. The highest BCUT2D eigenvalue weighted by atomic mass is 16.5. The normalized spacial score (nSPS) is 17.4. The molecule has 0 atom stereocenters. The number of benzene rings is 1. The highest BCUT2D eigenvalue weighted by molar-refractivity contribution is 5.98. The summed E-state index contributed by atoms with van der Waals surface area (Å²) in [6.45, 7) is 1.99. The summed E-state index contributed by atoms with van der Waals surface area (Å²) in [6, 6.07) is 7.78. The summed E-state index contributed by atoms with van der Waals surface area (Å²) >= 11 is 0. The molecule has 1 aliphatic carbocycles. The third kappa shape index (κ3) is 2.08. The SMILES string of the molecule is COC1(CC(=O)c2cc3cccc(C)c3o2)CCC1. The van der Waals surface area contributed by atoms with Crippen LogP contribution >= 0.6 is 0 Å². The van der Waals surface area contributed by atoms with Gasteiger partial charge in [0.05, 0.1) is 5.60 Å². The van der Waals surface area contributed by atoms with Crippen molar-refractivity contribution < 1.29 is 13.9 Å². The minimum Gasteiger partial charge on any atom is -0.453 e. The minimum atomic E-state index is -0.245. The molecule has 0 N–H and O–H groups in total. The topological polar surface area (TPSA) is 39.4 Å². The van der Waals surface area contributed by atoms with Crippen molar-refractivity contribution in [1.29, 1.82) is 0 Å². The summed E-state index contributed by atoms with van der Waals surface area (Å²) in [5.74, 6) is 0.491. The van der Waals surface area contributed by atoms with Crippen molar-refractivity contribution in [3.8, 4) is 0 Å². The third-order valence-electron chi connectivity index (χ3n) is 4.20. The van der Waals surface area contributed by atoms with Gasteiger partial charge in [-0.15, -0.1) is 0 Å². The Balaban J connectivity index is 1.87. The lowest BCUT2D eigenvalue weighted by Crippen LogP contribution is -2.41. The fourth-order valence-electron chi connectivity index (χ4n) is 2.75. The smallest absolute Gasteiger partial charge is 0.200 e. The Morgan fingerprint density at radius 2 is 2.21 bits per heavy atom. The molecule has 0 saturated heterocycles. The molecule has 100 valence electrons. The Morgan fingerprint density at radius 3 is 2.79 bits per heavy atom. The van der Waals surface area contributed by atoms with Crippen molar-refractivity contribution in [1.82, 2.24) is 0 Å². The lowest BCUT2D eigenvalue weighted by Gasteiger charge is -2.39. The van der Waals surface area contributed by atoms with Gasteiger partial charge in [-0.25, -0.2) is 0 Å². The zero-order valence-corrected chi connectivity index (χ0v) is 11.4. The molecule has 3 heteroatoms. The molecule has 3 nitrogen and oxygen atoms in total. The van der Waals surface area contributed by atoms with E-state index in [1.54, 1.807) is 7.11 Å². The number of furan rings is 1. The summed E-state index contributed by atoms with van der Waals surface area (Å²) in [4.78, 5) is 12.3. The molecule has 0 amide bonds. The molecular weight excluding hydrogens is 240 g/mol. The Hall–Kier alpha value is -1.61. The molecular formula is C16H18O3. The maximum atomic E-state index is 12.3. The number of hydrogen-bond donors (Lipinski definition) is 0. The van der Waals surface area contributed by atoms with E-state index in [4.69, 9.17) is 9.15 Å². The number of hydrogen-bond acceptors (Lipinski definition) is 3. The zero-order valence-electron chi connectivity index (χ0n) is 11.4. The number of carbonyl (C=O) groups excluding carboxylic acids is 1. The van der Waals surface area contributed by atoms with Crippen LogP contribution in [0.3, 0.4) is 0 Å². The van der Waals surface area contributed by atoms with Crippen LogP contribution in [-0.2, 0) is 4.74 Å². The molecule has 0 radical (unpaired) electrons. The first kappa shape index (κ1) is 12.4. The average molecular weight is 258 g/mol. The van der Waals surface area contributed by atoms with Crippen LogP contribution in [0.25, 0.3) is 11.0 Å². The molecule has 1 fully saturated rings. The first-order chi connectivity index (χ1) is 9.13. The number of para-hydroxylation sites is 1. The van der Waals surface area contributed by atoms with Crippen LogP contribution in [0.1, 0.15) is 41.8 Å². The Kier molecular flexibility index (Phi) is 2.94. The van der Waals surface area contributed by atoms with E-state index in [2.05, 4.69) is 0 Å². The average Bonchev–Trinajstić information content (AvgIpc) is 2.79. The molecule has 0 unspecified atom stereocenters. The number of carbonyl (C=O) groups is 1. The van der Waals surface area contributed by atoms with Crippen molar-refractivity contribution in [2.24, 2.45) is 0 Å². The van der Waals surface area contributed by atoms with Crippen LogP contribution in [0.15, 0.2) is 28.7 Å². The van der Waals surface area contributed by atoms with Gasteiger partial charge in [-0.05, 0) is 37.8 Å².